The predicted octanol–water partition coefficient (Wildman–Crippen LogP) is 3.09. The Labute approximate surface area is 106 Å². The zero-order chi connectivity index (χ0) is 14.2. The summed E-state index contributed by atoms with van der Waals surface area (Å²) in [6, 6.07) is 3.84. The summed E-state index contributed by atoms with van der Waals surface area (Å²) in [4.78, 5) is 0. The quantitative estimate of drug-likeness (QED) is 0.878. The molecule has 0 fully saturated rings. The van der Waals surface area contributed by atoms with Crippen LogP contribution in [0.4, 0.5) is 13.2 Å². The Kier molecular flexibility index (Phi) is 7.62. The maximum absolute atomic E-state index is 12.3. The van der Waals surface area contributed by atoms with Gasteiger partial charge in [-0.1, -0.05) is 19.9 Å². The van der Waals surface area contributed by atoms with Crippen molar-refractivity contribution in [3.05, 3.63) is 34.9 Å². The molecule has 18 heavy (non-hydrogen) atoms. The molecule has 0 saturated carbocycles. The van der Waals surface area contributed by atoms with Crippen molar-refractivity contribution >= 4 is 0 Å². The van der Waals surface area contributed by atoms with Crippen molar-refractivity contribution in [1.29, 1.82) is 0 Å². The normalized spacial score (nSPS) is 10.8. The van der Waals surface area contributed by atoms with E-state index in [-0.39, 0.29) is 0 Å². The number of hydrogen-bond donors (Lipinski definition) is 2. The summed E-state index contributed by atoms with van der Waals surface area (Å²) >= 11 is 0. The monoisotopic (exact) mass is 262 g/mol. The molecule has 3 N–H and O–H groups in total. The van der Waals surface area contributed by atoms with Gasteiger partial charge in [-0.25, -0.2) is 0 Å². The first kappa shape index (κ1) is 16.9. The number of halogens is 3. The highest BCUT2D eigenvalue weighted by molar-refractivity contribution is 5.32. The highest BCUT2D eigenvalue weighted by Crippen LogP contribution is 2.30. The number of benzene rings is 1. The number of nitrogens with one attached hydrogen (secondary N) is 1. The number of alkyl halides is 3. The SMILES string of the molecule is CCN.CCNCc1ccc(C(F)(F)F)cc1C. The Bertz CT molecular complexity index is 349. The smallest absolute Gasteiger partial charge is 0.331 e. The van der Waals surface area contributed by atoms with Crippen molar-refractivity contribution < 1.29 is 13.2 Å². The van der Waals surface area contributed by atoms with Crippen LogP contribution in [-0.2, 0) is 12.7 Å². The van der Waals surface area contributed by atoms with Crippen molar-refractivity contribution in [2.24, 2.45) is 5.73 Å². The lowest BCUT2D eigenvalue weighted by molar-refractivity contribution is -0.137. The molecule has 2 nitrogen and oxygen atoms in total. The molecule has 0 spiro atoms. The molecule has 0 aromatic heterocycles. The lowest BCUT2D eigenvalue weighted by Gasteiger charge is -2.11. The largest absolute Gasteiger partial charge is 0.416 e. The molecule has 0 unspecified atom stereocenters. The fourth-order valence-electron chi connectivity index (χ4n) is 1.33. The minimum Gasteiger partial charge on any atom is -0.331 e. The van der Waals surface area contributed by atoms with Gasteiger partial charge >= 0.3 is 6.18 Å². The van der Waals surface area contributed by atoms with Crippen molar-refractivity contribution in [2.45, 2.75) is 33.5 Å². The molecule has 0 bridgehead atoms. The molecular formula is C13H21F3N2. The second kappa shape index (κ2) is 8.11. The van der Waals surface area contributed by atoms with Crippen LogP contribution in [0.3, 0.4) is 0 Å². The lowest BCUT2D eigenvalue weighted by Crippen LogP contribution is -2.13. The summed E-state index contributed by atoms with van der Waals surface area (Å²) in [5, 5.41) is 3.08. The van der Waals surface area contributed by atoms with Crippen LogP contribution in [0.2, 0.25) is 0 Å². The van der Waals surface area contributed by atoms with Gasteiger partial charge in [-0.05, 0) is 43.3 Å². The van der Waals surface area contributed by atoms with E-state index in [9.17, 15) is 13.2 Å². The van der Waals surface area contributed by atoms with E-state index in [4.69, 9.17) is 5.73 Å². The van der Waals surface area contributed by atoms with E-state index in [1.54, 1.807) is 6.92 Å². The van der Waals surface area contributed by atoms with Crippen LogP contribution in [-0.4, -0.2) is 13.1 Å². The summed E-state index contributed by atoms with van der Waals surface area (Å²) in [7, 11) is 0. The average Bonchev–Trinajstić information content (AvgIpc) is 2.27. The Balaban J connectivity index is 0.000000873. The predicted molar refractivity (Wildman–Crippen MR) is 68.3 cm³/mol. The molecule has 1 aromatic carbocycles. The van der Waals surface area contributed by atoms with Gasteiger partial charge in [0.25, 0.3) is 0 Å². The summed E-state index contributed by atoms with van der Waals surface area (Å²) in [5.74, 6) is 0. The molecule has 1 aromatic rings. The number of aryl methyl sites for hydroxylation is 1. The highest BCUT2D eigenvalue weighted by atomic mass is 19.4. The van der Waals surface area contributed by atoms with E-state index >= 15 is 0 Å². The summed E-state index contributed by atoms with van der Waals surface area (Å²) in [6.45, 7) is 7.72. The molecule has 5 heteroatoms. The second-order valence-corrected chi connectivity index (χ2v) is 3.83. The molecule has 0 radical (unpaired) electrons. The second-order valence-electron chi connectivity index (χ2n) is 3.83. The van der Waals surface area contributed by atoms with Crippen LogP contribution in [0.25, 0.3) is 0 Å². The third kappa shape index (κ3) is 6.02. The molecule has 0 atom stereocenters. The molecule has 1 rings (SSSR count). The fraction of sp³-hybridized carbons (Fsp3) is 0.538. The minimum absolute atomic E-state index is 0.583. The maximum Gasteiger partial charge on any atom is 0.416 e. The van der Waals surface area contributed by atoms with Crippen LogP contribution in [0.1, 0.15) is 30.5 Å². The minimum atomic E-state index is -4.25. The van der Waals surface area contributed by atoms with E-state index in [1.165, 1.54) is 12.1 Å². The molecule has 0 aliphatic rings. The Morgan fingerprint density at radius 2 is 1.78 bits per heavy atom. The first-order chi connectivity index (χ1) is 8.36. The van der Waals surface area contributed by atoms with Crippen molar-refractivity contribution in [3.63, 3.8) is 0 Å². The van der Waals surface area contributed by atoms with Gasteiger partial charge in [0.1, 0.15) is 0 Å². The van der Waals surface area contributed by atoms with Gasteiger partial charge in [0.2, 0.25) is 0 Å². The summed E-state index contributed by atoms with van der Waals surface area (Å²) < 4.78 is 37.0. The summed E-state index contributed by atoms with van der Waals surface area (Å²) in [5.41, 5.74) is 5.84. The third-order valence-electron chi connectivity index (χ3n) is 2.24. The van der Waals surface area contributed by atoms with Crippen LogP contribution >= 0.6 is 0 Å². The lowest BCUT2D eigenvalue weighted by atomic mass is 10.0. The third-order valence-corrected chi connectivity index (χ3v) is 2.24. The van der Waals surface area contributed by atoms with Gasteiger partial charge in [-0.3, -0.25) is 0 Å². The van der Waals surface area contributed by atoms with Gasteiger partial charge in [0.15, 0.2) is 0 Å². The zero-order valence-corrected chi connectivity index (χ0v) is 11.1. The van der Waals surface area contributed by atoms with Gasteiger partial charge in [0, 0.05) is 6.54 Å². The zero-order valence-electron chi connectivity index (χ0n) is 11.1. The molecule has 0 saturated heterocycles. The number of hydrogen-bond acceptors (Lipinski definition) is 2. The van der Waals surface area contributed by atoms with Crippen LogP contribution in [0.5, 0.6) is 0 Å². The van der Waals surface area contributed by atoms with Crippen molar-refractivity contribution in [1.82, 2.24) is 5.32 Å². The number of rotatable bonds is 3. The first-order valence-electron chi connectivity index (χ1n) is 5.94. The Hall–Kier alpha value is -1.07. The van der Waals surface area contributed by atoms with Crippen LogP contribution in [0.15, 0.2) is 18.2 Å². The van der Waals surface area contributed by atoms with E-state index < -0.39 is 11.7 Å². The van der Waals surface area contributed by atoms with E-state index in [1.807, 2.05) is 13.8 Å². The first-order valence-corrected chi connectivity index (χ1v) is 5.94. The van der Waals surface area contributed by atoms with Crippen molar-refractivity contribution in [2.75, 3.05) is 13.1 Å². The van der Waals surface area contributed by atoms with E-state index in [2.05, 4.69) is 5.32 Å². The molecule has 0 heterocycles. The molecule has 0 aliphatic heterocycles. The standard InChI is InChI=1S/C11H14F3N.C2H7N/c1-3-15-7-9-4-5-10(6-8(9)2)11(12,13)14;1-2-3/h4-6,15H,3,7H2,1-2H3;2-3H2,1H3. The topological polar surface area (TPSA) is 38.0 Å². The van der Waals surface area contributed by atoms with Crippen LogP contribution < -0.4 is 11.1 Å². The van der Waals surface area contributed by atoms with Gasteiger partial charge in [0.05, 0.1) is 5.56 Å². The molecule has 0 amide bonds. The van der Waals surface area contributed by atoms with Crippen LogP contribution in [0, 0.1) is 6.92 Å². The average molecular weight is 262 g/mol. The van der Waals surface area contributed by atoms with Gasteiger partial charge in [-0.15, -0.1) is 0 Å². The molecule has 0 aliphatic carbocycles. The number of nitrogens with two attached hydrogens (primary N) is 1. The fourth-order valence-corrected chi connectivity index (χ4v) is 1.33. The van der Waals surface area contributed by atoms with Gasteiger partial charge < -0.3 is 11.1 Å². The maximum atomic E-state index is 12.3. The van der Waals surface area contributed by atoms with E-state index in [0.29, 0.717) is 12.1 Å². The highest BCUT2D eigenvalue weighted by Gasteiger charge is 2.30. The Morgan fingerprint density at radius 3 is 2.17 bits per heavy atom. The van der Waals surface area contributed by atoms with Crippen molar-refractivity contribution in [3.8, 4) is 0 Å². The van der Waals surface area contributed by atoms with E-state index in [0.717, 1.165) is 24.7 Å². The summed E-state index contributed by atoms with van der Waals surface area (Å²) in [6.07, 6.45) is -4.25. The Morgan fingerprint density at radius 1 is 1.22 bits per heavy atom. The molecular weight excluding hydrogens is 241 g/mol. The molecule has 104 valence electrons. The van der Waals surface area contributed by atoms with Gasteiger partial charge in [-0.2, -0.15) is 13.2 Å².